The van der Waals surface area contributed by atoms with Crippen molar-refractivity contribution in [2.45, 2.75) is 18.0 Å². The van der Waals surface area contributed by atoms with E-state index in [0.29, 0.717) is 18.4 Å². The number of alkyl halides is 3. The van der Waals surface area contributed by atoms with E-state index in [2.05, 4.69) is 4.98 Å². The lowest BCUT2D eigenvalue weighted by Crippen LogP contribution is -2.32. The normalized spacial score (nSPS) is 11.9. The second kappa shape index (κ2) is 7.73. The molecule has 146 valence electrons. The molecule has 6 nitrogen and oxygen atoms in total. The molecule has 0 bridgehead atoms. The highest BCUT2D eigenvalue weighted by Crippen LogP contribution is 2.34. The third-order valence-corrected chi connectivity index (χ3v) is 5.21. The molecule has 0 spiro atoms. The van der Waals surface area contributed by atoms with Gasteiger partial charge in [0, 0.05) is 24.8 Å². The number of carbonyl (C=O) groups is 1. The van der Waals surface area contributed by atoms with Crippen LogP contribution in [0.5, 0.6) is 0 Å². The maximum absolute atomic E-state index is 13.1. The lowest BCUT2D eigenvalue weighted by molar-refractivity contribution is -0.137. The van der Waals surface area contributed by atoms with E-state index in [-0.39, 0.29) is 9.92 Å². The molecule has 1 heterocycles. The molecule has 0 radical (unpaired) electrons. The molecule has 0 aliphatic carbocycles. The summed E-state index contributed by atoms with van der Waals surface area (Å²) < 4.78 is 65.5. The minimum atomic E-state index is -4.88. The van der Waals surface area contributed by atoms with Crippen LogP contribution in [0.3, 0.4) is 0 Å². The summed E-state index contributed by atoms with van der Waals surface area (Å²) in [6.07, 6.45) is -3.86. The Morgan fingerprint density at radius 1 is 1.26 bits per heavy atom. The number of hydrogen-bond acceptors (Lipinski definition) is 5. The molecule has 0 aliphatic rings. The monoisotopic (exact) mass is 421 g/mol. The molecule has 2 aromatic rings. The van der Waals surface area contributed by atoms with Crippen LogP contribution in [-0.2, 0) is 16.2 Å². The zero-order chi connectivity index (χ0) is 20.4. The number of sulfonamides is 1. The van der Waals surface area contributed by atoms with Gasteiger partial charge in [-0.05, 0) is 37.3 Å². The molecule has 1 aromatic heterocycles. The smallest absolute Gasteiger partial charge is 0.360 e. The SMILES string of the molecule is CCN(C)c1ccc(S(=O)(=O)NC(=O)c2ccc(Cl)cc2C(F)(F)F)cn1. The fourth-order valence-electron chi connectivity index (χ4n) is 2.10. The van der Waals surface area contributed by atoms with E-state index in [4.69, 9.17) is 11.6 Å². The number of carbonyl (C=O) groups excluding carboxylic acids is 1. The number of halogens is 4. The summed E-state index contributed by atoms with van der Waals surface area (Å²) in [5.41, 5.74) is -2.19. The van der Waals surface area contributed by atoms with Crippen LogP contribution in [0.15, 0.2) is 41.4 Å². The molecule has 1 amide bonds. The minimum absolute atomic E-state index is 0.235. The van der Waals surface area contributed by atoms with Crippen molar-refractivity contribution in [1.82, 2.24) is 9.71 Å². The van der Waals surface area contributed by atoms with Crippen LogP contribution in [-0.4, -0.2) is 32.9 Å². The lowest BCUT2D eigenvalue weighted by atomic mass is 10.1. The van der Waals surface area contributed by atoms with E-state index in [1.54, 1.807) is 16.7 Å². The summed E-state index contributed by atoms with van der Waals surface area (Å²) in [7, 11) is -2.66. The van der Waals surface area contributed by atoms with Gasteiger partial charge in [-0.25, -0.2) is 18.1 Å². The molecule has 0 atom stereocenters. The third-order valence-electron chi connectivity index (χ3n) is 3.66. The van der Waals surface area contributed by atoms with Gasteiger partial charge in [-0.1, -0.05) is 11.6 Å². The van der Waals surface area contributed by atoms with Gasteiger partial charge in [-0.2, -0.15) is 13.2 Å². The minimum Gasteiger partial charge on any atom is -0.360 e. The van der Waals surface area contributed by atoms with Crippen molar-refractivity contribution in [3.05, 3.63) is 52.7 Å². The first-order chi connectivity index (χ1) is 12.5. The Bertz CT molecular complexity index is 948. The molecule has 1 N–H and O–H groups in total. The van der Waals surface area contributed by atoms with Crippen molar-refractivity contribution in [3.63, 3.8) is 0 Å². The third kappa shape index (κ3) is 4.89. The van der Waals surface area contributed by atoms with Gasteiger partial charge in [0.1, 0.15) is 10.7 Å². The van der Waals surface area contributed by atoms with Crippen LogP contribution in [0.4, 0.5) is 19.0 Å². The van der Waals surface area contributed by atoms with E-state index in [9.17, 15) is 26.4 Å². The second-order valence-corrected chi connectivity index (χ2v) is 7.61. The number of nitrogens with one attached hydrogen (secondary N) is 1. The molecule has 0 unspecified atom stereocenters. The summed E-state index contributed by atoms with van der Waals surface area (Å²) in [6, 6.07) is 5.06. The highest BCUT2D eigenvalue weighted by molar-refractivity contribution is 7.90. The Hall–Kier alpha value is -2.33. The fraction of sp³-hybridized carbons (Fsp3) is 0.250. The van der Waals surface area contributed by atoms with Crippen molar-refractivity contribution < 1.29 is 26.4 Å². The number of hydrogen-bond donors (Lipinski definition) is 1. The Kier molecular flexibility index (Phi) is 6.01. The summed E-state index contributed by atoms with van der Waals surface area (Å²) in [5.74, 6) is -0.923. The quantitative estimate of drug-likeness (QED) is 0.801. The van der Waals surface area contributed by atoms with Crippen molar-refractivity contribution in [2.24, 2.45) is 0 Å². The summed E-state index contributed by atoms with van der Waals surface area (Å²) >= 11 is 5.55. The van der Waals surface area contributed by atoms with Crippen molar-refractivity contribution in [3.8, 4) is 0 Å². The molecular formula is C16H15ClF3N3O3S. The molecule has 1 aromatic carbocycles. The van der Waals surface area contributed by atoms with E-state index in [1.807, 2.05) is 6.92 Å². The van der Waals surface area contributed by atoms with Gasteiger partial charge >= 0.3 is 6.18 Å². The number of rotatable bonds is 5. The first-order valence-corrected chi connectivity index (χ1v) is 9.43. The van der Waals surface area contributed by atoms with Gasteiger partial charge in [0.2, 0.25) is 0 Å². The maximum atomic E-state index is 13.1. The van der Waals surface area contributed by atoms with Gasteiger partial charge < -0.3 is 4.90 Å². The van der Waals surface area contributed by atoms with E-state index >= 15 is 0 Å². The maximum Gasteiger partial charge on any atom is 0.417 e. The van der Waals surface area contributed by atoms with Gasteiger partial charge in [-0.15, -0.1) is 0 Å². The van der Waals surface area contributed by atoms with E-state index in [1.165, 1.54) is 12.1 Å². The molecule has 0 fully saturated rings. The van der Waals surface area contributed by atoms with Crippen LogP contribution >= 0.6 is 11.6 Å². The average molecular weight is 422 g/mol. The highest BCUT2D eigenvalue weighted by atomic mass is 35.5. The van der Waals surface area contributed by atoms with Crippen LogP contribution in [0.25, 0.3) is 0 Å². The Balaban J connectivity index is 2.32. The molecule has 11 heteroatoms. The predicted octanol–water partition coefficient (Wildman–Crippen LogP) is 3.33. The topological polar surface area (TPSA) is 79.4 Å². The Morgan fingerprint density at radius 2 is 1.93 bits per heavy atom. The molecule has 0 saturated carbocycles. The van der Waals surface area contributed by atoms with Gasteiger partial charge in [0.05, 0.1) is 11.1 Å². The van der Waals surface area contributed by atoms with Crippen LogP contribution < -0.4 is 9.62 Å². The van der Waals surface area contributed by atoms with E-state index < -0.39 is 33.2 Å². The van der Waals surface area contributed by atoms with Crippen LogP contribution in [0.2, 0.25) is 5.02 Å². The number of pyridine rings is 1. The summed E-state index contributed by atoms with van der Waals surface area (Å²) in [6.45, 7) is 2.50. The lowest BCUT2D eigenvalue weighted by Gasteiger charge is -2.16. The first kappa shape index (κ1) is 21.0. The largest absolute Gasteiger partial charge is 0.417 e. The summed E-state index contributed by atoms with van der Waals surface area (Å²) in [5, 5.41) is -0.235. The predicted molar refractivity (Wildman–Crippen MR) is 94.3 cm³/mol. The Labute approximate surface area is 159 Å². The first-order valence-electron chi connectivity index (χ1n) is 7.56. The van der Waals surface area contributed by atoms with Crippen molar-refractivity contribution >= 4 is 33.3 Å². The molecular weight excluding hydrogens is 407 g/mol. The average Bonchev–Trinajstić information content (AvgIpc) is 2.59. The van der Waals surface area contributed by atoms with Crippen molar-refractivity contribution in [2.75, 3.05) is 18.5 Å². The molecule has 0 aliphatic heterocycles. The zero-order valence-electron chi connectivity index (χ0n) is 14.2. The number of aromatic nitrogens is 1. The Morgan fingerprint density at radius 3 is 2.44 bits per heavy atom. The zero-order valence-corrected chi connectivity index (χ0v) is 15.8. The molecule has 0 saturated heterocycles. The van der Waals surface area contributed by atoms with Gasteiger partial charge in [0.15, 0.2) is 0 Å². The fourth-order valence-corrected chi connectivity index (χ4v) is 3.19. The molecule has 2 rings (SSSR count). The van der Waals surface area contributed by atoms with Gasteiger partial charge in [0.25, 0.3) is 15.9 Å². The number of nitrogens with zero attached hydrogens (tertiary/aromatic N) is 2. The number of anilines is 1. The van der Waals surface area contributed by atoms with Crippen LogP contribution in [0.1, 0.15) is 22.8 Å². The number of amides is 1. The highest BCUT2D eigenvalue weighted by Gasteiger charge is 2.36. The summed E-state index contributed by atoms with van der Waals surface area (Å²) in [4.78, 5) is 17.5. The number of benzene rings is 1. The van der Waals surface area contributed by atoms with Crippen LogP contribution in [0, 0.1) is 0 Å². The standard InChI is InChI=1S/C16H15ClF3N3O3S/c1-3-23(2)14-7-5-11(9-21-14)27(25,26)22-15(24)12-6-4-10(17)8-13(12)16(18,19)20/h4-9H,3H2,1-2H3,(H,22,24). The van der Waals surface area contributed by atoms with Crippen molar-refractivity contribution in [1.29, 1.82) is 0 Å². The van der Waals surface area contributed by atoms with E-state index in [0.717, 1.165) is 18.3 Å². The molecule has 27 heavy (non-hydrogen) atoms. The second-order valence-electron chi connectivity index (χ2n) is 5.49. The van der Waals surface area contributed by atoms with Gasteiger partial charge in [-0.3, -0.25) is 4.79 Å².